The molecule has 0 fully saturated rings. The van der Waals surface area contributed by atoms with E-state index in [9.17, 15) is 0 Å². The van der Waals surface area contributed by atoms with Crippen molar-refractivity contribution in [2.75, 3.05) is 23.8 Å². The minimum absolute atomic E-state index is 0.153. The first-order valence-electron chi connectivity index (χ1n) is 6.42. The van der Waals surface area contributed by atoms with Crippen LogP contribution in [0.5, 0.6) is 0 Å². The van der Waals surface area contributed by atoms with E-state index in [0.717, 1.165) is 11.6 Å². The molecule has 5 heteroatoms. The van der Waals surface area contributed by atoms with Crippen molar-refractivity contribution in [3.63, 3.8) is 0 Å². The van der Waals surface area contributed by atoms with Crippen LogP contribution in [0.1, 0.15) is 18.5 Å². The summed E-state index contributed by atoms with van der Waals surface area (Å²) in [6, 6.07) is 14.3. The van der Waals surface area contributed by atoms with Gasteiger partial charge in [0.05, 0.1) is 6.07 Å². The van der Waals surface area contributed by atoms with Crippen molar-refractivity contribution in [1.29, 1.82) is 5.26 Å². The molecule has 0 saturated carbocycles. The molecule has 0 amide bonds. The van der Waals surface area contributed by atoms with E-state index in [1.54, 1.807) is 4.90 Å². The molecule has 1 N–H and O–H groups in total. The third-order valence-corrected chi connectivity index (χ3v) is 3.02. The fraction of sp³-hybridized carbons (Fsp3) is 0.267. The van der Waals surface area contributed by atoms with Crippen LogP contribution in [0.3, 0.4) is 0 Å². The molecule has 0 bridgehead atoms. The highest BCUT2D eigenvalue weighted by molar-refractivity contribution is 5.49. The van der Waals surface area contributed by atoms with Crippen LogP contribution in [0.4, 0.5) is 11.6 Å². The summed E-state index contributed by atoms with van der Waals surface area (Å²) in [6.45, 7) is 2.38. The number of nitrogens with one attached hydrogen (secondary N) is 1. The molecule has 0 saturated heterocycles. The van der Waals surface area contributed by atoms with E-state index in [-0.39, 0.29) is 6.04 Å². The highest BCUT2D eigenvalue weighted by Gasteiger charge is 2.08. The van der Waals surface area contributed by atoms with E-state index in [2.05, 4.69) is 40.4 Å². The topological polar surface area (TPSA) is 64.8 Å². The van der Waals surface area contributed by atoms with E-state index in [4.69, 9.17) is 5.26 Å². The van der Waals surface area contributed by atoms with Gasteiger partial charge in [0.2, 0.25) is 0 Å². The van der Waals surface area contributed by atoms with Crippen LogP contribution in [0.2, 0.25) is 0 Å². The van der Waals surface area contributed by atoms with Crippen molar-refractivity contribution < 1.29 is 0 Å². The average molecular weight is 267 g/mol. The zero-order chi connectivity index (χ0) is 14.4. The van der Waals surface area contributed by atoms with Crippen molar-refractivity contribution in [3.8, 4) is 6.07 Å². The fourth-order valence-corrected chi connectivity index (χ4v) is 1.87. The number of nitrogens with zero attached hydrogens (tertiary/aromatic N) is 4. The smallest absolute Gasteiger partial charge is 0.134 e. The maximum absolute atomic E-state index is 8.71. The molecule has 5 nitrogen and oxygen atoms in total. The Hall–Kier alpha value is -2.61. The SMILES string of the molecule is CC(Nc1cc(N(C)CC#N)ncn1)c1ccccc1. The molecule has 0 aliphatic heterocycles. The lowest BCUT2D eigenvalue weighted by Crippen LogP contribution is -2.19. The monoisotopic (exact) mass is 267 g/mol. The standard InChI is InChI=1S/C15H17N5/c1-12(13-6-4-3-5-7-13)19-14-10-15(18-11-17-14)20(2)9-8-16/h3-7,10-12H,9H2,1-2H3,(H,17,18,19). The number of nitriles is 1. The number of aromatic nitrogens is 2. The van der Waals surface area contributed by atoms with E-state index in [1.165, 1.54) is 11.9 Å². The third-order valence-electron chi connectivity index (χ3n) is 3.02. The molecule has 1 heterocycles. The van der Waals surface area contributed by atoms with Crippen LogP contribution in [-0.2, 0) is 0 Å². The van der Waals surface area contributed by atoms with E-state index in [0.29, 0.717) is 6.54 Å². The maximum Gasteiger partial charge on any atom is 0.134 e. The lowest BCUT2D eigenvalue weighted by Gasteiger charge is -2.17. The van der Waals surface area contributed by atoms with Crippen LogP contribution in [0.15, 0.2) is 42.7 Å². The van der Waals surface area contributed by atoms with Gasteiger partial charge in [-0.15, -0.1) is 0 Å². The van der Waals surface area contributed by atoms with Gasteiger partial charge in [-0.2, -0.15) is 5.26 Å². The summed E-state index contributed by atoms with van der Waals surface area (Å²) < 4.78 is 0. The van der Waals surface area contributed by atoms with Gasteiger partial charge < -0.3 is 10.2 Å². The summed E-state index contributed by atoms with van der Waals surface area (Å²) in [5.74, 6) is 1.47. The normalized spacial score (nSPS) is 11.4. The Balaban J connectivity index is 2.10. The average Bonchev–Trinajstić information content (AvgIpc) is 2.48. The molecular weight excluding hydrogens is 250 g/mol. The molecule has 0 radical (unpaired) electrons. The summed E-state index contributed by atoms with van der Waals surface area (Å²) >= 11 is 0. The summed E-state index contributed by atoms with van der Waals surface area (Å²) in [5, 5.41) is 12.0. The zero-order valence-corrected chi connectivity index (χ0v) is 11.6. The van der Waals surface area contributed by atoms with Crippen LogP contribution in [-0.4, -0.2) is 23.6 Å². The predicted molar refractivity (Wildman–Crippen MR) is 79.4 cm³/mol. The highest BCUT2D eigenvalue weighted by atomic mass is 15.2. The Morgan fingerprint density at radius 2 is 2.05 bits per heavy atom. The molecule has 2 aromatic rings. The van der Waals surface area contributed by atoms with Crippen LogP contribution >= 0.6 is 0 Å². The Labute approximate surface area is 118 Å². The summed E-state index contributed by atoms with van der Waals surface area (Å²) in [5.41, 5.74) is 1.19. The second-order valence-corrected chi connectivity index (χ2v) is 4.55. The van der Waals surface area contributed by atoms with Gasteiger partial charge in [-0.25, -0.2) is 9.97 Å². The van der Waals surface area contributed by atoms with E-state index < -0.39 is 0 Å². The molecule has 0 aliphatic carbocycles. The lowest BCUT2D eigenvalue weighted by molar-refractivity contribution is 0.869. The zero-order valence-electron chi connectivity index (χ0n) is 11.6. The van der Waals surface area contributed by atoms with Gasteiger partial charge in [-0.3, -0.25) is 0 Å². The molecule has 102 valence electrons. The van der Waals surface area contributed by atoms with E-state index >= 15 is 0 Å². The van der Waals surface area contributed by atoms with Gasteiger partial charge in [0.25, 0.3) is 0 Å². The second-order valence-electron chi connectivity index (χ2n) is 4.55. The van der Waals surface area contributed by atoms with Crippen molar-refractivity contribution in [1.82, 2.24) is 9.97 Å². The van der Waals surface area contributed by atoms with Gasteiger partial charge in [0.1, 0.15) is 24.5 Å². The molecular formula is C15H17N5. The number of anilines is 2. The predicted octanol–water partition coefficient (Wildman–Crippen LogP) is 2.61. The summed E-state index contributed by atoms with van der Waals surface area (Å²) in [6.07, 6.45) is 1.50. The van der Waals surface area contributed by atoms with Crippen molar-refractivity contribution in [3.05, 3.63) is 48.3 Å². The summed E-state index contributed by atoms with van der Waals surface area (Å²) in [7, 11) is 1.83. The third kappa shape index (κ3) is 3.45. The molecule has 1 atom stereocenters. The lowest BCUT2D eigenvalue weighted by atomic mass is 10.1. The molecule has 1 aromatic heterocycles. The van der Waals surface area contributed by atoms with Gasteiger partial charge in [0.15, 0.2) is 0 Å². The largest absolute Gasteiger partial charge is 0.363 e. The first kappa shape index (κ1) is 13.8. The highest BCUT2D eigenvalue weighted by Crippen LogP contribution is 2.19. The van der Waals surface area contributed by atoms with E-state index in [1.807, 2.05) is 31.3 Å². The fourth-order valence-electron chi connectivity index (χ4n) is 1.87. The van der Waals surface area contributed by atoms with Gasteiger partial charge in [-0.1, -0.05) is 30.3 Å². The van der Waals surface area contributed by atoms with Crippen molar-refractivity contribution >= 4 is 11.6 Å². The van der Waals surface area contributed by atoms with Crippen LogP contribution in [0.25, 0.3) is 0 Å². The number of benzene rings is 1. The van der Waals surface area contributed by atoms with Crippen molar-refractivity contribution in [2.24, 2.45) is 0 Å². The van der Waals surface area contributed by atoms with Gasteiger partial charge in [-0.05, 0) is 12.5 Å². The van der Waals surface area contributed by atoms with Crippen LogP contribution in [0, 0.1) is 11.3 Å². The molecule has 0 spiro atoms. The first-order chi connectivity index (χ1) is 9.70. The van der Waals surface area contributed by atoms with Gasteiger partial charge >= 0.3 is 0 Å². The number of hydrogen-bond donors (Lipinski definition) is 1. The molecule has 20 heavy (non-hydrogen) atoms. The summed E-state index contributed by atoms with van der Waals surface area (Å²) in [4.78, 5) is 10.2. The molecule has 1 unspecified atom stereocenters. The number of hydrogen-bond acceptors (Lipinski definition) is 5. The minimum atomic E-state index is 0.153. The second kappa shape index (κ2) is 6.53. The maximum atomic E-state index is 8.71. The Morgan fingerprint density at radius 3 is 2.75 bits per heavy atom. The van der Waals surface area contributed by atoms with Crippen molar-refractivity contribution in [2.45, 2.75) is 13.0 Å². The van der Waals surface area contributed by atoms with Crippen LogP contribution < -0.4 is 10.2 Å². The van der Waals surface area contributed by atoms with Gasteiger partial charge in [0, 0.05) is 19.2 Å². The molecule has 1 aromatic carbocycles. The number of rotatable bonds is 5. The Morgan fingerprint density at radius 1 is 1.30 bits per heavy atom. The molecule has 0 aliphatic rings. The Bertz CT molecular complexity index is 591. The first-order valence-corrected chi connectivity index (χ1v) is 6.42. The Kier molecular flexibility index (Phi) is 4.51. The quantitative estimate of drug-likeness (QED) is 0.844. The molecule has 2 rings (SSSR count). The minimum Gasteiger partial charge on any atom is -0.363 e.